The van der Waals surface area contributed by atoms with Crippen molar-refractivity contribution in [3.8, 4) is 11.6 Å². The molecule has 1 N–H and O–H groups in total. The first-order valence-corrected chi connectivity index (χ1v) is 7.96. The highest BCUT2D eigenvalue weighted by Gasteiger charge is 2.13. The van der Waals surface area contributed by atoms with Crippen LogP contribution in [0.2, 0.25) is 0 Å². The molecule has 0 bridgehead atoms. The second-order valence-corrected chi connectivity index (χ2v) is 5.68. The molecular weight excluding hydrogens is 330 g/mol. The molecule has 112 valence electrons. The van der Waals surface area contributed by atoms with Gasteiger partial charge < -0.3 is 10.1 Å². The average molecular weight is 350 g/mol. The van der Waals surface area contributed by atoms with Crippen LogP contribution in [0.1, 0.15) is 31.4 Å². The van der Waals surface area contributed by atoms with Crippen LogP contribution in [0.5, 0.6) is 11.6 Å². The maximum atomic E-state index is 5.97. The first kappa shape index (κ1) is 15.8. The Bertz CT molecular complexity index is 616. The number of hydrogen-bond donors (Lipinski definition) is 1. The number of nitrogens with one attached hydrogen (secondary N) is 1. The van der Waals surface area contributed by atoms with Gasteiger partial charge in [-0.05, 0) is 53.4 Å². The van der Waals surface area contributed by atoms with Crippen molar-refractivity contribution in [2.24, 2.45) is 0 Å². The molecule has 1 aromatic carbocycles. The number of aromatic nitrogens is 2. The van der Waals surface area contributed by atoms with Gasteiger partial charge in [-0.2, -0.15) is 0 Å². The standard InChI is InChI=1S/C16H20BrN3O/c1-4-8-18-15-12(5-2)16(20-10-19-15)21-14-7-6-11(3)9-13(14)17/h6-7,9-10H,4-5,8H2,1-3H3,(H,18,19,20). The van der Waals surface area contributed by atoms with Gasteiger partial charge in [-0.15, -0.1) is 0 Å². The van der Waals surface area contributed by atoms with Crippen LogP contribution < -0.4 is 10.1 Å². The molecule has 5 heteroatoms. The summed E-state index contributed by atoms with van der Waals surface area (Å²) in [6.45, 7) is 7.13. The van der Waals surface area contributed by atoms with Crippen LogP contribution in [0.4, 0.5) is 5.82 Å². The molecule has 4 nitrogen and oxygen atoms in total. The highest BCUT2D eigenvalue weighted by atomic mass is 79.9. The highest BCUT2D eigenvalue weighted by Crippen LogP contribution is 2.32. The van der Waals surface area contributed by atoms with E-state index < -0.39 is 0 Å². The first-order valence-electron chi connectivity index (χ1n) is 7.17. The predicted octanol–water partition coefficient (Wildman–Crippen LogP) is 4.72. The Morgan fingerprint density at radius 3 is 2.71 bits per heavy atom. The predicted molar refractivity (Wildman–Crippen MR) is 89.1 cm³/mol. The van der Waals surface area contributed by atoms with E-state index in [1.54, 1.807) is 0 Å². The summed E-state index contributed by atoms with van der Waals surface area (Å²) in [4.78, 5) is 8.59. The van der Waals surface area contributed by atoms with Crippen molar-refractivity contribution in [3.63, 3.8) is 0 Å². The number of rotatable bonds is 6. The zero-order chi connectivity index (χ0) is 15.2. The van der Waals surface area contributed by atoms with Crippen molar-refractivity contribution in [1.82, 2.24) is 9.97 Å². The molecular formula is C16H20BrN3O. The lowest BCUT2D eigenvalue weighted by Gasteiger charge is -2.14. The van der Waals surface area contributed by atoms with E-state index in [-0.39, 0.29) is 0 Å². The van der Waals surface area contributed by atoms with Gasteiger partial charge in [-0.3, -0.25) is 0 Å². The van der Waals surface area contributed by atoms with Crippen LogP contribution in [0.15, 0.2) is 29.0 Å². The van der Waals surface area contributed by atoms with E-state index in [0.717, 1.165) is 41.0 Å². The third-order valence-electron chi connectivity index (χ3n) is 3.10. The monoisotopic (exact) mass is 349 g/mol. The minimum Gasteiger partial charge on any atom is -0.437 e. The smallest absolute Gasteiger partial charge is 0.227 e. The van der Waals surface area contributed by atoms with Gasteiger partial charge >= 0.3 is 0 Å². The number of halogens is 1. The van der Waals surface area contributed by atoms with Crippen LogP contribution in [-0.2, 0) is 6.42 Å². The highest BCUT2D eigenvalue weighted by molar-refractivity contribution is 9.10. The number of benzene rings is 1. The van der Waals surface area contributed by atoms with Gasteiger partial charge in [-0.25, -0.2) is 9.97 Å². The van der Waals surface area contributed by atoms with E-state index in [1.807, 2.05) is 25.1 Å². The second kappa shape index (κ2) is 7.41. The van der Waals surface area contributed by atoms with E-state index >= 15 is 0 Å². The Morgan fingerprint density at radius 2 is 2.05 bits per heavy atom. The van der Waals surface area contributed by atoms with Crippen LogP contribution in [-0.4, -0.2) is 16.5 Å². The Balaban J connectivity index is 2.30. The zero-order valence-electron chi connectivity index (χ0n) is 12.6. The lowest BCUT2D eigenvalue weighted by molar-refractivity contribution is 0.452. The number of aryl methyl sites for hydroxylation is 1. The van der Waals surface area contributed by atoms with Crippen molar-refractivity contribution < 1.29 is 4.74 Å². The number of ether oxygens (including phenoxy) is 1. The van der Waals surface area contributed by atoms with Gasteiger partial charge in [0.15, 0.2) is 0 Å². The maximum Gasteiger partial charge on any atom is 0.227 e. The number of hydrogen-bond acceptors (Lipinski definition) is 4. The number of anilines is 1. The lowest BCUT2D eigenvalue weighted by Crippen LogP contribution is -2.07. The molecule has 0 saturated heterocycles. The SMILES string of the molecule is CCCNc1ncnc(Oc2ccc(C)cc2Br)c1CC. The Hall–Kier alpha value is -1.62. The van der Waals surface area contributed by atoms with E-state index in [9.17, 15) is 0 Å². The molecule has 0 radical (unpaired) electrons. The summed E-state index contributed by atoms with van der Waals surface area (Å²) in [5, 5.41) is 3.32. The van der Waals surface area contributed by atoms with E-state index in [4.69, 9.17) is 4.74 Å². The summed E-state index contributed by atoms with van der Waals surface area (Å²) in [7, 11) is 0. The quantitative estimate of drug-likeness (QED) is 0.819. The molecule has 2 rings (SSSR count). The second-order valence-electron chi connectivity index (χ2n) is 4.82. The van der Waals surface area contributed by atoms with E-state index in [2.05, 4.69) is 45.1 Å². The molecule has 0 aliphatic rings. The Kier molecular flexibility index (Phi) is 5.56. The maximum absolute atomic E-state index is 5.97. The van der Waals surface area contributed by atoms with Gasteiger partial charge in [0.2, 0.25) is 5.88 Å². The number of nitrogens with zero attached hydrogens (tertiary/aromatic N) is 2. The third kappa shape index (κ3) is 3.94. The molecule has 0 fully saturated rings. The lowest BCUT2D eigenvalue weighted by atomic mass is 10.2. The fourth-order valence-electron chi connectivity index (χ4n) is 1.99. The zero-order valence-corrected chi connectivity index (χ0v) is 14.2. The van der Waals surface area contributed by atoms with Crippen molar-refractivity contribution in [3.05, 3.63) is 40.1 Å². The molecule has 2 aromatic rings. The van der Waals surface area contributed by atoms with Gasteiger partial charge in [0, 0.05) is 6.54 Å². The minimum absolute atomic E-state index is 0.607. The Labute approximate surface area is 134 Å². The molecule has 0 saturated carbocycles. The van der Waals surface area contributed by atoms with E-state index in [1.165, 1.54) is 11.9 Å². The van der Waals surface area contributed by atoms with Gasteiger partial charge in [0.1, 0.15) is 17.9 Å². The summed E-state index contributed by atoms with van der Waals surface area (Å²) >= 11 is 3.53. The summed E-state index contributed by atoms with van der Waals surface area (Å²) in [6.07, 6.45) is 3.40. The van der Waals surface area contributed by atoms with Crippen LogP contribution in [0.25, 0.3) is 0 Å². The van der Waals surface area contributed by atoms with Crippen LogP contribution >= 0.6 is 15.9 Å². The molecule has 21 heavy (non-hydrogen) atoms. The Morgan fingerprint density at radius 1 is 1.24 bits per heavy atom. The molecule has 0 atom stereocenters. The molecule has 0 aliphatic heterocycles. The van der Waals surface area contributed by atoms with Crippen LogP contribution in [0, 0.1) is 6.92 Å². The summed E-state index contributed by atoms with van der Waals surface area (Å²) in [6, 6.07) is 5.99. The molecule has 0 unspecified atom stereocenters. The molecule has 1 heterocycles. The fraction of sp³-hybridized carbons (Fsp3) is 0.375. The van der Waals surface area contributed by atoms with Crippen molar-refractivity contribution in [2.45, 2.75) is 33.6 Å². The molecule has 1 aromatic heterocycles. The first-order chi connectivity index (χ1) is 10.2. The topological polar surface area (TPSA) is 47.0 Å². The normalized spacial score (nSPS) is 10.5. The van der Waals surface area contributed by atoms with Gasteiger partial charge in [0.25, 0.3) is 0 Å². The van der Waals surface area contributed by atoms with Crippen molar-refractivity contribution >= 4 is 21.7 Å². The molecule has 0 spiro atoms. The van der Waals surface area contributed by atoms with E-state index in [0.29, 0.717) is 5.88 Å². The molecule has 0 aliphatic carbocycles. The van der Waals surface area contributed by atoms with Crippen molar-refractivity contribution in [2.75, 3.05) is 11.9 Å². The summed E-state index contributed by atoms with van der Waals surface area (Å²) in [5.41, 5.74) is 2.18. The largest absolute Gasteiger partial charge is 0.437 e. The summed E-state index contributed by atoms with van der Waals surface area (Å²) in [5.74, 6) is 2.22. The van der Waals surface area contributed by atoms with Crippen LogP contribution in [0.3, 0.4) is 0 Å². The van der Waals surface area contributed by atoms with Gasteiger partial charge in [0.05, 0.1) is 10.0 Å². The molecule has 0 amide bonds. The summed E-state index contributed by atoms with van der Waals surface area (Å²) < 4.78 is 6.89. The van der Waals surface area contributed by atoms with Gasteiger partial charge in [-0.1, -0.05) is 19.9 Å². The average Bonchev–Trinajstić information content (AvgIpc) is 2.48. The third-order valence-corrected chi connectivity index (χ3v) is 3.72. The fourth-order valence-corrected chi connectivity index (χ4v) is 2.57. The van der Waals surface area contributed by atoms with Crippen molar-refractivity contribution in [1.29, 1.82) is 0 Å². The minimum atomic E-state index is 0.607.